The Morgan fingerprint density at radius 2 is 1.87 bits per heavy atom. The van der Waals surface area contributed by atoms with E-state index in [9.17, 15) is 29.1 Å². The first-order valence-corrected chi connectivity index (χ1v) is 15.7. The minimum absolute atomic E-state index is 0.00849. The first-order valence-electron chi connectivity index (χ1n) is 15.7. The van der Waals surface area contributed by atoms with Gasteiger partial charge in [-0.3, -0.25) is 24.0 Å². The molecule has 3 atom stereocenters. The second-order valence-electron chi connectivity index (χ2n) is 12.8. The molecule has 1 saturated heterocycles. The number of aliphatic hydroxyl groups is 1. The van der Waals surface area contributed by atoms with Gasteiger partial charge < -0.3 is 21.1 Å². The molecule has 3 aromatic heterocycles. The predicted molar refractivity (Wildman–Crippen MR) is 169 cm³/mol. The number of aromatic nitrogens is 5. The second kappa shape index (κ2) is 13.8. The van der Waals surface area contributed by atoms with Gasteiger partial charge in [-0.1, -0.05) is 37.3 Å². The van der Waals surface area contributed by atoms with Crippen LogP contribution in [0.5, 0.6) is 0 Å². The van der Waals surface area contributed by atoms with Gasteiger partial charge in [0.15, 0.2) is 5.65 Å². The van der Waals surface area contributed by atoms with Crippen LogP contribution in [0.4, 0.5) is 0 Å². The quantitative estimate of drug-likeness (QED) is 0.213. The fourth-order valence-electron chi connectivity index (χ4n) is 6.27. The molecule has 1 unspecified atom stereocenters. The van der Waals surface area contributed by atoms with Gasteiger partial charge in [0.25, 0.3) is 17.7 Å². The zero-order valence-electron chi connectivity index (χ0n) is 26.6. The molecule has 1 aliphatic carbocycles. The third-order valence-electron chi connectivity index (χ3n) is 8.76. The number of primary amides is 1. The lowest BCUT2D eigenvalue weighted by atomic mass is 9.85. The number of hydrogen-bond acceptors (Lipinski definition) is 10. The van der Waals surface area contributed by atoms with Crippen molar-refractivity contribution < 1.29 is 29.1 Å². The smallest absolute Gasteiger partial charge is 0.296 e. The molecule has 1 aliphatic heterocycles. The van der Waals surface area contributed by atoms with Crippen LogP contribution < -0.4 is 11.1 Å². The lowest BCUT2D eigenvalue weighted by molar-refractivity contribution is -0.139. The Morgan fingerprint density at radius 1 is 1.13 bits per heavy atom. The van der Waals surface area contributed by atoms with E-state index in [2.05, 4.69) is 30.6 Å². The molecule has 4 amide bonds. The van der Waals surface area contributed by atoms with Gasteiger partial charge in [-0.05, 0) is 57.4 Å². The van der Waals surface area contributed by atoms with E-state index in [1.807, 2.05) is 6.07 Å². The van der Waals surface area contributed by atoms with Gasteiger partial charge in [0.2, 0.25) is 11.7 Å². The summed E-state index contributed by atoms with van der Waals surface area (Å²) in [5.41, 5.74) is 4.55. The highest BCUT2D eigenvalue weighted by molar-refractivity contribution is 6.41. The van der Waals surface area contributed by atoms with Crippen molar-refractivity contribution in [1.82, 2.24) is 35.2 Å². The topological polar surface area (TPSA) is 216 Å². The number of hydrogen-bond donors (Lipinski definition) is 3. The number of nitrogens with zero attached hydrogens (tertiary/aromatic N) is 7. The molecule has 0 bridgehead atoms. The molecule has 4 heterocycles. The maximum absolute atomic E-state index is 14.4. The molecule has 0 spiro atoms. The zero-order valence-corrected chi connectivity index (χ0v) is 26.6. The number of carbonyl (C=O) groups excluding carboxylic acids is 5. The molecular formula is C32H39N9O6. The predicted octanol–water partition coefficient (Wildman–Crippen LogP) is 1.40. The van der Waals surface area contributed by atoms with Crippen molar-refractivity contribution in [1.29, 1.82) is 0 Å². The molecule has 47 heavy (non-hydrogen) atoms. The highest BCUT2D eigenvalue weighted by Crippen LogP contribution is 2.33. The standard InChI is InChI=1S/C32H39N9O6/c1-18(26(42)27(33)43)36-30(45)24-15-21(41-25(16-35-39-41)32(2,3)47)17-40(24)31(46)23(14-19-8-5-4-6-9-19)38-29(44)22-12-11-20-10-7-13-34-28(20)37-22/h7,10-13,16,18-19,21,24,47H,4-6,8-9,14-15,17H2,1-3H3,(H2,33,43)(H,36,45)/b38-23+/t18?,21-,24-/m0/s1. The number of pyridine rings is 2. The van der Waals surface area contributed by atoms with Crippen molar-refractivity contribution in [3.8, 4) is 0 Å². The van der Waals surface area contributed by atoms with Gasteiger partial charge in [-0.25, -0.2) is 19.6 Å². The summed E-state index contributed by atoms with van der Waals surface area (Å²) < 4.78 is 1.47. The fourth-order valence-corrected chi connectivity index (χ4v) is 6.27. The molecule has 15 heteroatoms. The molecule has 1 saturated carbocycles. The number of nitrogens with one attached hydrogen (secondary N) is 1. The number of Topliss-reactive ketones (excluding diaryl/α,β-unsaturated/α-hetero) is 1. The van der Waals surface area contributed by atoms with Crippen molar-refractivity contribution in [2.24, 2.45) is 16.6 Å². The maximum atomic E-state index is 14.4. The molecule has 15 nitrogen and oxygen atoms in total. The normalized spacial score (nSPS) is 19.8. The molecule has 2 fully saturated rings. The molecule has 248 valence electrons. The molecular weight excluding hydrogens is 606 g/mol. The molecule has 5 rings (SSSR count). The number of fused-ring (bicyclic) bond motifs is 1. The van der Waals surface area contributed by atoms with E-state index in [0.717, 1.165) is 37.5 Å². The van der Waals surface area contributed by atoms with Gasteiger partial charge in [0.1, 0.15) is 23.0 Å². The zero-order chi connectivity index (χ0) is 33.9. The maximum Gasteiger partial charge on any atom is 0.296 e. The van der Waals surface area contributed by atoms with Crippen molar-refractivity contribution in [3.63, 3.8) is 0 Å². The Kier molecular flexibility index (Phi) is 9.84. The summed E-state index contributed by atoms with van der Waals surface area (Å²) in [5, 5.41) is 22.1. The Balaban J connectivity index is 1.50. The van der Waals surface area contributed by atoms with Crippen LogP contribution in [0.25, 0.3) is 11.0 Å². The summed E-state index contributed by atoms with van der Waals surface area (Å²) in [6.45, 7) is 4.43. The SMILES string of the molecule is CC(NC(=O)[C@@H]1C[C@H](n2nncc2C(C)(C)O)CN1C(=O)/C(CC1CCCCC1)=N/C(=O)c1ccc2cccnc2n1)C(=O)C(N)=O. The van der Waals surface area contributed by atoms with E-state index in [1.165, 1.54) is 28.8 Å². The fraction of sp³-hybridized carbons (Fsp3) is 0.500. The largest absolute Gasteiger partial charge is 0.384 e. The number of carbonyl (C=O) groups is 5. The van der Waals surface area contributed by atoms with Gasteiger partial charge in [-0.15, -0.1) is 5.10 Å². The first kappa shape index (κ1) is 33.4. The first-order chi connectivity index (χ1) is 22.3. The van der Waals surface area contributed by atoms with E-state index < -0.39 is 53.1 Å². The van der Waals surface area contributed by atoms with E-state index in [-0.39, 0.29) is 36.7 Å². The van der Waals surface area contributed by atoms with Gasteiger partial charge in [-0.2, -0.15) is 0 Å². The summed E-state index contributed by atoms with van der Waals surface area (Å²) in [6, 6.07) is 3.84. The molecule has 0 aromatic carbocycles. The lowest BCUT2D eigenvalue weighted by Crippen LogP contribution is -2.52. The van der Waals surface area contributed by atoms with Crippen LogP contribution >= 0.6 is 0 Å². The van der Waals surface area contributed by atoms with Crippen LogP contribution in [0.2, 0.25) is 0 Å². The summed E-state index contributed by atoms with van der Waals surface area (Å²) >= 11 is 0. The highest BCUT2D eigenvalue weighted by atomic mass is 16.3. The average Bonchev–Trinajstić information content (AvgIpc) is 3.72. The number of aliphatic imine (C=N–C) groups is 1. The lowest BCUT2D eigenvalue weighted by Gasteiger charge is -2.27. The minimum atomic E-state index is -1.33. The van der Waals surface area contributed by atoms with Crippen LogP contribution in [0.3, 0.4) is 0 Å². The third-order valence-corrected chi connectivity index (χ3v) is 8.76. The average molecular weight is 646 g/mol. The monoisotopic (exact) mass is 645 g/mol. The number of ketones is 1. The van der Waals surface area contributed by atoms with E-state index in [4.69, 9.17) is 5.73 Å². The van der Waals surface area contributed by atoms with E-state index >= 15 is 0 Å². The van der Waals surface area contributed by atoms with Gasteiger partial charge in [0.05, 0.1) is 24.0 Å². The van der Waals surface area contributed by atoms with Crippen molar-refractivity contribution in [2.45, 2.75) is 89.4 Å². The number of rotatable bonds is 10. The van der Waals surface area contributed by atoms with Crippen LogP contribution in [0.15, 0.2) is 41.7 Å². The van der Waals surface area contributed by atoms with Gasteiger partial charge >= 0.3 is 0 Å². The number of amides is 4. The van der Waals surface area contributed by atoms with Crippen molar-refractivity contribution >= 4 is 46.2 Å². The number of nitrogens with two attached hydrogens (primary N) is 1. The molecule has 2 aliphatic rings. The molecule has 4 N–H and O–H groups in total. The molecule has 3 aromatic rings. The summed E-state index contributed by atoms with van der Waals surface area (Å²) in [4.78, 5) is 79.5. The van der Waals surface area contributed by atoms with Crippen molar-refractivity contribution in [3.05, 3.63) is 48.0 Å². The second-order valence-corrected chi connectivity index (χ2v) is 12.8. The van der Waals surface area contributed by atoms with Crippen LogP contribution in [-0.2, 0) is 24.8 Å². The highest BCUT2D eigenvalue weighted by Gasteiger charge is 2.44. The Hall–Kier alpha value is -4.92. The Bertz CT molecular complexity index is 1720. The van der Waals surface area contributed by atoms with Gasteiger partial charge in [0, 0.05) is 24.5 Å². The summed E-state index contributed by atoms with van der Waals surface area (Å²) in [6.07, 6.45) is 8.05. The Morgan fingerprint density at radius 3 is 2.57 bits per heavy atom. The summed E-state index contributed by atoms with van der Waals surface area (Å²) in [7, 11) is 0. The van der Waals surface area contributed by atoms with Crippen LogP contribution in [0, 0.1) is 5.92 Å². The minimum Gasteiger partial charge on any atom is -0.384 e. The van der Waals surface area contributed by atoms with Crippen molar-refractivity contribution in [2.75, 3.05) is 6.54 Å². The van der Waals surface area contributed by atoms with E-state index in [0.29, 0.717) is 11.3 Å². The van der Waals surface area contributed by atoms with Crippen LogP contribution in [-0.4, -0.2) is 88.7 Å². The van der Waals surface area contributed by atoms with Crippen LogP contribution in [0.1, 0.15) is 87.9 Å². The summed E-state index contributed by atoms with van der Waals surface area (Å²) in [5.74, 6) is -4.11. The Labute approximate surface area is 271 Å². The molecule has 0 radical (unpaired) electrons. The number of likely N-dealkylation sites (tertiary alicyclic amines) is 1. The third kappa shape index (κ3) is 7.56. The van der Waals surface area contributed by atoms with E-state index in [1.54, 1.807) is 32.2 Å².